The Balaban J connectivity index is 2.78. The van der Waals surface area contributed by atoms with Crippen molar-refractivity contribution in [2.75, 3.05) is 0 Å². The van der Waals surface area contributed by atoms with Crippen LogP contribution in [-0.4, -0.2) is 18.1 Å². The van der Waals surface area contributed by atoms with E-state index in [0.717, 1.165) is 11.1 Å². The zero-order valence-corrected chi connectivity index (χ0v) is 15.2. The Hall–Kier alpha value is -0.493. The second-order valence-electron chi connectivity index (χ2n) is 6.58. The average molecular weight is 332 g/mol. The van der Waals surface area contributed by atoms with Gasteiger partial charge in [-0.1, -0.05) is 45.0 Å². The lowest BCUT2D eigenvalue weighted by molar-refractivity contribution is 0.187. The number of rotatable bonds is 6. The van der Waals surface area contributed by atoms with E-state index < -0.39 is 16.1 Å². The first-order valence-corrected chi connectivity index (χ1v) is 11.3. The molecule has 0 bridgehead atoms. The zero-order valence-electron chi connectivity index (χ0n) is 13.3. The van der Waals surface area contributed by atoms with Crippen LogP contribution in [-0.2, 0) is 26.7 Å². The maximum Gasteiger partial charge on any atom is 0.469 e. The lowest BCUT2D eigenvalue weighted by Crippen LogP contribution is -2.40. The van der Waals surface area contributed by atoms with Crippen molar-refractivity contribution in [1.29, 1.82) is 0 Å². The lowest BCUT2D eigenvalue weighted by Gasteiger charge is -2.36. The van der Waals surface area contributed by atoms with E-state index in [4.69, 9.17) is 14.2 Å². The predicted octanol–water partition coefficient (Wildman–Crippen LogP) is 3.82. The molecule has 0 amide bonds. The average Bonchev–Trinajstić information content (AvgIpc) is 2.32. The molecule has 1 rings (SSSR count). The van der Waals surface area contributed by atoms with Gasteiger partial charge in [0.15, 0.2) is 8.32 Å². The molecule has 0 atom stereocenters. The quantitative estimate of drug-likeness (QED) is 0.612. The molecule has 0 unspecified atom stereocenters. The predicted molar refractivity (Wildman–Crippen MR) is 85.3 cm³/mol. The highest BCUT2D eigenvalue weighted by atomic mass is 31.2. The summed E-state index contributed by atoms with van der Waals surface area (Å²) in [6.45, 7) is 11.1. The summed E-state index contributed by atoms with van der Waals surface area (Å²) in [6.07, 6.45) is 0. The molecule has 0 aliphatic heterocycles. The van der Waals surface area contributed by atoms with E-state index in [0.29, 0.717) is 6.61 Å². The molecule has 0 saturated carbocycles. The summed E-state index contributed by atoms with van der Waals surface area (Å²) in [5, 5.41) is 0.115. The molecule has 0 heterocycles. The summed E-state index contributed by atoms with van der Waals surface area (Å²) in [6, 6.07) is 7.38. The zero-order chi connectivity index (χ0) is 16.3. The molecule has 0 fully saturated rings. The fourth-order valence-electron chi connectivity index (χ4n) is 1.47. The van der Waals surface area contributed by atoms with Gasteiger partial charge in [-0.15, -0.1) is 0 Å². The molecular formula is C14H25O5PSi. The van der Waals surface area contributed by atoms with Gasteiger partial charge in [-0.2, -0.15) is 0 Å². The number of phosphoric acid groups is 1. The van der Waals surface area contributed by atoms with Crippen LogP contribution in [0.2, 0.25) is 18.1 Å². The van der Waals surface area contributed by atoms with Gasteiger partial charge >= 0.3 is 7.82 Å². The SMILES string of the molecule is CC(C)(C)[Si](C)(C)OCc1ccccc1COP(=O)(O)O. The van der Waals surface area contributed by atoms with Crippen LogP contribution < -0.4 is 0 Å². The third-order valence-electron chi connectivity index (χ3n) is 3.90. The van der Waals surface area contributed by atoms with E-state index in [1.54, 1.807) is 6.07 Å². The van der Waals surface area contributed by atoms with Gasteiger partial charge in [-0.3, -0.25) is 4.52 Å². The van der Waals surface area contributed by atoms with Crippen molar-refractivity contribution in [1.82, 2.24) is 0 Å². The Morgan fingerprint density at radius 3 is 2.00 bits per heavy atom. The molecule has 0 spiro atoms. The fourth-order valence-corrected chi connectivity index (χ4v) is 2.72. The normalized spacial score (nSPS) is 13.5. The third-order valence-corrected chi connectivity index (χ3v) is 8.85. The first kappa shape index (κ1) is 18.6. The van der Waals surface area contributed by atoms with Gasteiger partial charge in [-0.05, 0) is 29.3 Å². The van der Waals surface area contributed by atoms with Crippen LogP contribution >= 0.6 is 7.82 Å². The minimum atomic E-state index is -4.46. The van der Waals surface area contributed by atoms with Gasteiger partial charge in [-0.25, -0.2) is 4.57 Å². The highest BCUT2D eigenvalue weighted by Crippen LogP contribution is 2.38. The molecule has 0 aliphatic rings. The Morgan fingerprint density at radius 1 is 1.10 bits per heavy atom. The van der Waals surface area contributed by atoms with Crippen molar-refractivity contribution in [3.8, 4) is 0 Å². The van der Waals surface area contributed by atoms with Gasteiger partial charge in [0.1, 0.15) is 0 Å². The molecule has 1 aromatic carbocycles. The Morgan fingerprint density at radius 2 is 1.57 bits per heavy atom. The highest BCUT2D eigenvalue weighted by Gasteiger charge is 2.37. The molecule has 0 aliphatic carbocycles. The molecule has 0 radical (unpaired) electrons. The fraction of sp³-hybridized carbons (Fsp3) is 0.571. The molecule has 0 aromatic heterocycles. The van der Waals surface area contributed by atoms with Gasteiger partial charge in [0.2, 0.25) is 0 Å². The van der Waals surface area contributed by atoms with E-state index in [1.165, 1.54) is 0 Å². The summed E-state index contributed by atoms with van der Waals surface area (Å²) in [5.41, 5.74) is 1.63. The van der Waals surface area contributed by atoms with Crippen LogP contribution in [0.15, 0.2) is 24.3 Å². The highest BCUT2D eigenvalue weighted by molar-refractivity contribution is 7.46. The van der Waals surface area contributed by atoms with Gasteiger partial charge < -0.3 is 14.2 Å². The summed E-state index contributed by atoms with van der Waals surface area (Å²) in [4.78, 5) is 17.6. The van der Waals surface area contributed by atoms with Gasteiger partial charge in [0.05, 0.1) is 13.2 Å². The largest absolute Gasteiger partial charge is 0.469 e. The van der Waals surface area contributed by atoms with E-state index in [1.807, 2.05) is 18.2 Å². The topological polar surface area (TPSA) is 76.0 Å². The van der Waals surface area contributed by atoms with Crippen LogP contribution in [0.3, 0.4) is 0 Å². The smallest absolute Gasteiger partial charge is 0.413 e. The third kappa shape index (κ3) is 6.02. The first-order chi connectivity index (χ1) is 9.42. The van der Waals surface area contributed by atoms with Crippen molar-refractivity contribution in [2.45, 2.75) is 52.1 Å². The Bertz CT molecular complexity index is 518. The second kappa shape index (κ2) is 6.73. The number of phosphoric ester groups is 1. The van der Waals surface area contributed by atoms with E-state index in [-0.39, 0.29) is 11.6 Å². The van der Waals surface area contributed by atoms with Crippen molar-refractivity contribution in [3.63, 3.8) is 0 Å². The monoisotopic (exact) mass is 332 g/mol. The summed E-state index contributed by atoms with van der Waals surface area (Å²) in [5.74, 6) is 0. The van der Waals surface area contributed by atoms with Gasteiger partial charge in [0, 0.05) is 0 Å². The summed E-state index contributed by atoms with van der Waals surface area (Å²) < 4.78 is 21.5. The molecular weight excluding hydrogens is 307 g/mol. The summed E-state index contributed by atoms with van der Waals surface area (Å²) >= 11 is 0. The first-order valence-electron chi connectivity index (χ1n) is 6.83. The van der Waals surface area contributed by atoms with Crippen molar-refractivity contribution in [3.05, 3.63) is 35.4 Å². The van der Waals surface area contributed by atoms with Crippen molar-refractivity contribution < 1.29 is 23.3 Å². The van der Waals surface area contributed by atoms with Crippen LogP contribution in [0.4, 0.5) is 0 Å². The van der Waals surface area contributed by atoms with Crippen LogP contribution in [0.25, 0.3) is 0 Å². The van der Waals surface area contributed by atoms with Crippen LogP contribution in [0.5, 0.6) is 0 Å². The van der Waals surface area contributed by atoms with Crippen molar-refractivity contribution >= 4 is 16.1 Å². The second-order valence-corrected chi connectivity index (χ2v) is 12.6. The maximum absolute atomic E-state index is 10.8. The number of benzene rings is 1. The van der Waals surface area contributed by atoms with Crippen LogP contribution in [0, 0.1) is 0 Å². The molecule has 2 N–H and O–H groups in total. The Kier molecular flexibility index (Phi) is 5.95. The molecule has 120 valence electrons. The molecule has 7 heteroatoms. The minimum Gasteiger partial charge on any atom is -0.413 e. The van der Waals surface area contributed by atoms with E-state index >= 15 is 0 Å². The Labute approximate surface area is 127 Å². The van der Waals surface area contributed by atoms with E-state index in [2.05, 4.69) is 38.4 Å². The van der Waals surface area contributed by atoms with Crippen LogP contribution in [0.1, 0.15) is 31.9 Å². The molecule has 0 saturated heterocycles. The molecule has 1 aromatic rings. The number of hydrogen-bond acceptors (Lipinski definition) is 3. The molecule has 5 nitrogen and oxygen atoms in total. The summed E-state index contributed by atoms with van der Waals surface area (Å²) in [7, 11) is -6.33. The minimum absolute atomic E-state index is 0.115. The van der Waals surface area contributed by atoms with Crippen molar-refractivity contribution in [2.24, 2.45) is 0 Å². The number of hydrogen-bond donors (Lipinski definition) is 2. The van der Waals surface area contributed by atoms with Gasteiger partial charge in [0.25, 0.3) is 0 Å². The lowest BCUT2D eigenvalue weighted by atomic mass is 10.1. The standard InChI is InChI=1S/C14H25O5PSi/c1-14(2,3)21(4,5)19-11-13-9-7-6-8-12(13)10-18-20(15,16)17/h6-9H,10-11H2,1-5H3,(H2,15,16,17). The molecule has 21 heavy (non-hydrogen) atoms. The maximum atomic E-state index is 10.8. The van der Waals surface area contributed by atoms with E-state index in [9.17, 15) is 4.57 Å².